The van der Waals surface area contributed by atoms with Crippen LogP contribution in [0.2, 0.25) is 0 Å². The average molecular weight is 146 g/mol. The van der Waals surface area contributed by atoms with Gasteiger partial charge in [-0.3, -0.25) is 4.79 Å². The topological polar surface area (TPSA) is 55.8 Å². The number of ether oxygens (including phenoxy) is 2. The molecule has 1 aliphatic heterocycles. The van der Waals surface area contributed by atoms with Crippen LogP contribution in [0.5, 0.6) is 0 Å². The van der Waals surface area contributed by atoms with Gasteiger partial charge >= 0.3 is 5.97 Å². The SMILES string of the molecule is COC(=O)C1CCOC1O. The van der Waals surface area contributed by atoms with E-state index in [4.69, 9.17) is 9.84 Å². The minimum atomic E-state index is -0.965. The number of aliphatic hydroxyl groups excluding tert-OH is 1. The molecule has 0 saturated carbocycles. The second kappa shape index (κ2) is 2.98. The van der Waals surface area contributed by atoms with Crippen LogP contribution in [-0.4, -0.2) is 31.1 Å². The summed E-state index contributed by atoms with van der Waals surface area (Å²) >= 11 is 0. The maximum absolute atomic E-state index is 10.8. The molecule has 4 heteroatoms. The number of carbonyl (C=O) groups excluding carboxylic acids is 1. The highest BCUT2D eigenvalue weighted by Crippen LogP contribution is 2.19. The minimum Gasteiger partial charge on any atom is -0.469 e. The van der Waals surface area contributed by atoms with Crippen molar-refractivity contribution in [3.05, 3.63) is 0 Å². The second-order valence-corrected chi connectivity index (χ2v) is 2.18. The predicted molar refractivity (Wildman–Crippen MR) is 32.1 cm³/mol. The molecule has 1 N–H and O–H groups in total. The van der Waals surface area contributed by atoms with Crippen LogP contribution < -0.4 is 0 Å². The van der Waals surface area contributed by atoms with E-state index in [2.05, 4.69) is 4.74 Å². The summed E-state index contributed by atoms with van der Waals surface area (Å²) in [5.74, 6) is -0.880. The lowest BCUT2D eigenvalue weighted by Crippen LogP contribution is -2.24. The summed E-state index contributed by atoms with van der Waals surface area (Å²) in [5, 5.41) is 8.97. The summed E-state index contributed by atoms with van der Waals surface area (Å²) in [5.41, 5.74) is 0. The molecule has 2 atom stereocenters. The van der Waals surface area contributed by atoms with Crippen LogP contribution in [0.1, 0.15) is 6.42 Å². The van der Waals surface area contributed by atoms with Gasteiger partial charge < -0.3 is 14.6 Å². The maximum Gasteiger partial charge on any atom is 0.313 e. The summed E-state index contributed by atoms with van der Waals surface area (Å²) in [6, 6.07) is 0. The van der Waals surface area contributed by atoms with E-state index in [9.17, 15) is 4.79 Å². The Morgan fingerprint density at radius 3 is 2.90 bits per heavy atom. The summed E-state index contributed by atoms with van der Waals surface area (Å²) in [7, 11) is 1.30. The monoisotopic (exact) mass is 146 g/mol. The number of rotatable bonds is 1. The zero-order valence-electron chi connectivity index (χ0n) is 5.74. The first-order valence-corrected chi connectivity index (χ1v) is 3.13. The van der Waals surface area contributed by atoms with E-state index in [1.807, 2.05) is 0 Å². The largest absolute Gasteiger partial charge is 0.469 e. The number of esters is 1. The molecule has 0 spiro atoms. The summed E-state index contributed by atoms with van der Waals surface area (Å²) in [4.78, 5) is 10.8. The van der Waals surface area contributed by atoms with Crippen molar-refractivity contribution in [3.8, 4) is 0 Å². The third kappa shape index (κ3) is 1.27. The van der Waals surface area contributed by atoms with Gasteiger partial charge in [-0.15, -0.1) is 0 Å². The fourth-order valence-corrected chi connectivity index (χ4v) is 0.960. The Hall–Kier alpha value is -0.610. The quantitative estimate of drug-likeness (QED) is 0.507. The van der Waals surface area contributed by atoms with Crippen LogP contribution in [0.4, 0.5) is 0 Å². The van der Waals surface area contributed by atoms with Crippen LogP contribution in [0.25, 0.3) is 0 Å². The van der Waals surface area contributed by atoms with Gasteiger partial charge in [-0.2, -0.15) is 0 Å². The highest BCUT2D eigenvalue weighted by Gasteiger charge is 2.33. The fraction of sp³-hybridized carbons (Fsp3) is 0.833. The number of hydrogen-bond acceptors (Lipinski definition) is 4. The molecule has 1 fully saturated rings. The molecule has 0 radical (unpaired) electrons. The number of methoxy groups -OCH3 is 1. The number of hydrogen-bond donors (Lipinski definition) is 1. The zero-order valence-corrected chi connectivity index (χ0v) is 5.74. The van der Waals surface area contributed by atoms with E-state index in [0.29, 0.717) is 13.0 Å². The summed E-state index contributed by atoms with van der Waals surface area (Å²) < 4.78 is 9.17. The van der Waals surface area contributed by atoms with Gasteiger partial charge in [0.2, 0.25) is 0 Å². The van der Waals surface area contributed by atoms with E-state index in [-0.39, 0.29) is 0 Å². The van der Waals surface area contributed by atoms with Crippen molar-refractivity contribution in [3.63, 3.8) is 0 Å². The van der Waals surface area contributed by atoms with Crippen LogP contribution in [0.15, 0.2) is 0 Å². The van der Waals surface area contributed by atoms with Crippen molar-refractivity contribution in [2.75, 3.05) is 13.7 Å². The van der Waals surface area contributed by atoms with Crippen LogP contribution >= 0.6 is 0 Å². The molecule has 0 aromatic carbocycles. The van der Waals surface area contributed by atoms with Gasteiger partial charge in [-0.25, -0.2) is 0 Å². The van der Waals surface area contributed by atoms with Gasteiger partial charge in [0.25, 0.3) is 0 Å². The molecular formula is C6H10O4. The molecule has 0 amide bonds. The first-order valence-electron chi connectivity index (χ1n) is 3.13. The van der Waals surface area contributed by atoms with Gasteiger partial charge in [0, 0.05) is 0 Å². The van der Waals surface area contributed by atoms with Crippen molar-refractivity contribution >= 4 is 5.97 Å². The molecule has 58 valence electrons. The maximum atomic E-state index is 10.8. The Morgan fingerprint density at radius 2 is 2.50 bits per heavy atom. The number of aliphatic hydroxyl groups is 1. The fourth-order valence-electron chi connectivity index (χ4n) is 0.960. The Balaban J connectivity index is 2.46. The second-order valence-electron chi connectivity index (χ2n) is 2.18. The smallest absolute Gasteiger partial charge is 0.313 e. The molecule has 10 heavy (non-hydrogen) atoms. The molecule has 0 aliphatic carbocycles. The normalized spacial score (nSPS) is 32.2. The lowest BCUT2D eigenvalue weighted by atomic mass is 10.1. The van der Waals surface area contributed by atoms with Crippen molar-refractivity contribution in [2.24, 2.45) is 5.92 Å². The summed E-state index contributed by atoms with van der Waals surface area (Å²) in [6.07, 6.45) is -0.416. The van der Waals surface area contributed by atoms with Crippen LogP contribution in [0.3, 0.4) is 0 Å². The minimum absolute atomic E-state index is 0.398. The predicted octanol–water partition coefficient (Wildman–Crippen LogP) is -0.486. The first kappa shape index (κ1) is 7.50. The molecule has 1 heterocycles. The third-order valence-electron chi connectivity index (χ3n) is 1.57. The highest BCUT2D eigenvalue weighted by atomic mass is 16.6. The molecule has 0 aromatic rings. The van der Waals surface area contributed by atoms with E-state index in [1.165, 1.54) is 7.11 Å². The van der Waals surface area contributed by atoms with E-state index >= 15 is 0 Å². The van der Waals surface area contributed by atoms with Gasteiger partial charge in [0.05, 0.1) is 13.7 Å². The van der Waals surface area contributed by atoms with Gasteiger partial charge in [0.1, 0.15) is 5.92 Å². The molecule has 1 aliphatic rings. The van der Waals surface area contributed by atoms with Crippen molar-refractivity contribution < 1.29 is 19.4 Å². The lowest BCUT2D eigenvalue weighted by molar-refractivity contribution is -0.156. The van der Waals surface area contributed by atoms with E-state index in [1.54, 1.807) is 0 Å². The van der Waals surface area contributed by atoms with Gasteiger partial charge in [0.15, 0.2) is 6.29 Å². The Morgan fingerprint density at radius 1 is 1.80 bits per heavy atom. The van der Waals surface area contributed by atoms with Gasteiger partial charge in [-0.1, -0.05) is 0 Å². The Kier molecular flexibility index (Phi) is 2.24. The Labute approximate surface area is 58.7 Å². The lowest BCUT2D eigenvalue weighted by Gasteiger charge is -2.08. The standard InChI is InChI=1S/C6H10O4/c1-9-5(7)4-2-3-10-6(4)8/h4,6,8H,2-3H2,1H3. The zero-order chi connectivity index (χ0) is 7.56. The molecular weight excluding hydrogens is 136 g/mol. The summed E-state index contributed by atoms with van der Waals surface area (Å²) in [6.45, 7) is 0.431. The van der Waals surface area contributed by atoms with E-state index in [0.717, 1.165) is 0 Å². The molecule has 1 rings (SSSR count). The molecule has 0 bridgehead atoms. The first-order chi connectivity index (χ1) is 4.75. The molecule has 0 aromatic heterocycles. The molecule has 4 nitrogen and oxygen atoms in total. The molecule has 2 unspecified atom stereocenters. The molecule has 1 saturated heterocycles. The van der Waals surface area contributed by atoms with E-state index < -0.39 is 18.2 Å². The van der Waals surface area contributed by atoms with Crippen molar-refractivity contribution in [1.29, 1.82) is 0 Å². The van der Waals surface area contributed by atoms with Crippen molar-refractivity contribution in [1.82, 2.24) is 0 Å². The van der Waals surface area contributed by atoms with Crippen LogP contribution in [-0.2, 0) is 14.3 Å². The van der Waals surface area contributed by atoms with Gasteiger partial charge in [-0.05, 0) is 6.42 Å². The number of carbonyl (C=O) groups is 1. The Bertz CT molecular complexity index is 134. The van der Waals surface area contributed by atoms with Crippen molar-refractivity contribution in [2.45, 2.75) is 12.7 Å². The third-order valence-corrected chi connectivity index (χ3v) is 1.57. The van der Waals surface area contributed by atoms with Crippen LogP contribution in [0, 0.1) is 5.92 Å². The highest BCUT2D eigenvalue weighted by molar-refractivity contribution is 5.72. The average Bonchev–Trinajstić information content (AvgIpc) is 2.34.